The van der Waals surface area contributed by atoms with Crippen molar-refractivity contribution in [3.05, 3.63) is 65.5 Å². The van der Waals surface area contributed by atoms with Crippen LogP contribution >= 0.6 is 0 Å². The maximum absolute atomic E-state index is 11.9. The van der Waals surface area contributed by atoms with Crippen molar-refractivity contribution < 1.29 is 9.53 Å². The fourth-order valence-corrected chi connectivity index (χ4v) is 3.24. The molecule has 0 radical (unpaired) electrons. The normalized spacial score (nSPS) is 15.3. The predicted molar refractivity (Wildman–Crippen MR) is 114 cm³/mol. The van der Waals surface area contributed by atoms with E-state index in [2.05, 4.69) is 51.3 Å². The Morgan fingerprint density at radius 1 is 1.14 bits per heavy atom. The molecule has 1 aliphatic rings. The molecule has 1 aliphatic heterocycles. The molecule has 152 valence electrons. The fraction of sp³-hybridized carbons (Fsp3) is 0.417. The summed E-state index contributed by atoms with van der Waals surface area (Å²) in [6.45, 7) is 8.47. The Hall–Kier alpha value is -2.84. The van der Waals surface area contributed by atoms with Crippen LogP contribution in [0, 0.1) is 11.8 Å². The number of amides is 1. The first-order chi connectivity index (χ1) is 13.9. The van der Waals surface area contributed by atoms with E-state index in [1.165, 1.54) is 5.56 Å². The van der Waals surface area contributed by atoms with E-state index >= 15 is 0 Å². The van der Waals surface area contributed by atoms with Gasteiger partial charge in [0.05, 0.1) is 0 Å². The molecule has 0 atom stereocenters. The number of carbonyl (C=O) groups is 1. The van der Waals surface area contributed by atoms with E-state index in [9.17, 15) is 4.79 Å². The summed E-state index contributed by atoms with van der Waals surface area (Å²) in [6.07, 6.45) is 5.07. The van der Waals surface area contributed by atoms with Gasteiger partial charge in [-0.2, -0.15) is 0 Å². The van der Waals surface area contributed by atoms with Crippen LogP contribution in [0.5, 0.6) is 0 Å². The molecule has 0 unspecified atom stereocenters. The Balaban J connectivity index is 1.45. The Bertz CT molecular complexity index is 853. The Kier molecular flexibility index (Phi) is 6.90. The van der Waals surface area contributed by atoms with E-state index in [4.69, 9.17) is 4.74 Å². The lowest BCUT2D eigenvalue weighted by Gasteiger charge is -2.32. The first kappa shape index (κ1) is 20.9. The van der Waals surface area contributed by atoms with Gasteiger partial charge in [0, 0.05) is 49.2 Å². The van der Waals surface area contributed by atoms with Crippen molar-refractivity contribution in [1.82, 2.24) is 15.2 Å². The van der Waals surface area contributed by atoms with Gasteiger partial charge in [0.25, 0.3) is 0 Å². The molecule has 1 N–H and O–H groups in total. The lowest BCUT2D eigenvalue weighted by Crippen LogP contribution is -2.45. The number of nitrogens with one attached hydrogen (secondary N) is 1. The van der Waals surface area contributed by atoms with E-state index < -0.39 is 5.60 Å². The summed E-state index contributed by atoms with van der Waals surface area (Å²) in [5.74, 6) is 6.30. The zero-order valence-electron chi connectivity index (χ0n) is 17.4. The molecule has 5 heteroatoms. The van der Waals surface area contributed by atoms with Crippen molar-refractivity contribution in [2.24, 2.45) is 0 Å². The number of hydrogen-bond acceptors (Lipinski definition) is 4. The quantitative estimate of drug-likeness (QED) is 0.805. The van der Waals surface area contributed by atoms with Crippen molar-refractivity contribution >= 4 is 6.09 Å². The molecule has 3 rings (SSSR count). The van der Waals surface area contributed by atoms with E-state index in [0.717, 1.165) is 43.6 Å². The lowest BCUT2D eigenvalue weighted by molar-refractivity contribution is 0.0477. The van der Waals surface area contributed by atoms with Crippen molar-refractivity contribution in [2.45, 2.75) is 51.8 Å². The van der Waals surface area contributed by atoms with Crippen LogP contribution in [0.3, 0.4) is 0 Å². The van der Waals surface area contributed by atoms with Crippen molar-refractivity contribution in [1.29, 1.82) is 0 Å². The second kappa shape index (κ2) is 9.58. The highest BCUT2D eigenvalue weighted by Gasteiger charge is 2.23. The zero-order valence-corrected chi connectivity index (χ0v) is 17.4. The van der Waals surface area contributed by atoms with Gasteiger partial charge in [0.1, 0.15) is 5.60 Å². The average molecular weight is 392 g/mol. The Morgan fingerprint density at radius 2 is 1.83 bits per heavy atom. The minimum absolute atomic E-state index is 0.186. The maximum Gasteiger partial charge on any atom is 0.407 e. The maximum atomic E-state index is 11.9. The van der Waals surface area contributed by atoms with Crippen LogP contribution in [0.2, 0.25) is 0 Å². The van der Waals surface area contributed by atoms with E-state index in [-0.39, 0.29) is 12.1 Å². The van der Waals surface area contributed by atoms with Gasteiger partial charge in [-0.1, -0.05) is 24.0 Å². The van der Waals surface area contributed by atoms with Gasteiger partial charge in [0.2, 0.25) is 0 Å². The van der Waals surface area contributed by atoms with Crippen LogP contribution in [0.25, 0.3) is 0 Å². The van der Waals surface area contributed by atoms with E-state index in [0.29, 0.717) is 0 Å². The van der Waals surface area contributed by atoms with Crippen molar-refractivity contribution in [2.75, 3.05) is 13.1 Å². The molecule has 0 aliphatic carbocycles. The molecule has 0 bridgehead atoms. The largest absolute Gasteiger partial charge is 0.444 e. The second-order valence-corrected chi connectivity index (χ2v) is 8.39. The van der Waals surface area contributed by atoms with Gasteiger partial charge < -0.3 is 10.1 Å². The number of aromatic nitrogens is 1. The van der Waals surface area contributed by atoms with Crippen LogP contribution in [0.15, 0.2) is 48.8 Å². The number of alkyl carbamates (subject to hydrolysis) is 1. The summed E-state index contributed by atoms with van der Waals surface area (Å²) in [7, 11) is 0. The molecule has 1 aromatic heterocycles. The summed E-state index contributed by atoms with van der Waals surface area (Å²) < 4.78 is 5.34. The first-order valence-electron chi connectivity index (χ1n) is 10.1. The lowest BCUT2D eigenvalue weighted by atomic mass is 10.0. The number of hydrogen-bond donors (Lipinski definition) is 1. The van der Waals surface area contributed by atoms with Gasteiger partial charge in [-0.05, 0) is 63.4 Å². The molecule has 29 heavy (non-hydrogen) atoms. The molecular formula is C24H29N3O2. The SMILES string of the molecule is CC(C)(C)OC(=O)NC1CCN(Cc2ccc(C#Cc3cccnc3)cc2)CC1. The molecule has 1 amide bonds. The topological polar surface area (TPSA) is 54.5 Å². The molecule has 2 heterocycles. The summed E-state index contributed by atoms with van der Waals surface area (Å²) in [5, 5.41) is 2.99. The minimum atomic E-state index is -0.459. The average Bonchev–Trinajstić information content (AvgIpc) is 2.68. The summed E-state index contributed by atoms with van der Waals surface area (Å²) >= 11 is 0. The zero-order chi connectivity index (χ0) is 20.7. The fourth-order valence-electron chi connectivity index (χ4n) is 3.24. The highest BCUT2D eigenvalue weighted by atomic mass is 16.6. The molecule has 1 aromatic carbocycles. The predicted octanol–water partition coefficient (Wildman–Crippen LogP) is 3.97. The number of nitrogens with zero attached hydrogens (tertiary/aromatic N) is 2. The third kappa shape index (κ3) is 7.24. The molecule has 5 nitrogen and oxygen atoms in total. The molecule has 1 saturated heterocycles. The van der Waals surface area contributed by atoms with Crippen LogP contribution in [-0.2, 0) is 11.3 Å². The minimum Gasteiger partial charge on any atom is -0.444 e. The summed E-state index contributed by atoms with van der Waals surface area (Å²) in [4.78, 5) is 18.4. The number of piperidine rings is 1. The third-order valence-corrected chi connectivity index (χ3v) is 4.68. The number of carbonyl (C=O) groups excluding carboxylic acids is 1. The van der Waals surface area contributed by atoms with Crippen molar-refractivity contribution in [3.63, 3.8) is 0 Å². The van der Waals surface area contributed by atoms with Crippen LogP contribution in [0.1, 0.15) is 50.3 Å². The number of ether oxygens (including phenoxy) is 1. The number of rotatable bonds is 3. The van der Waals surface area contributed by atoms with Gasteiger partial charge in [-0.3, -0.25) is 9.88 Å². The number of benzene rings is 1. The smallest absolute Gasteiger partial charge is 0.407 e. The summed E-state index contributed by atoms with van der Waals surface area (Å²) in [5.41, 5.74) is 2.73. The molecule has 2 aromatic rings. The molecule has 1 fully saturated rings. The van der Waals surface area contributed by atoms with Crippen LogP contribution < -0.4 is 5.32 Å². The number of pyridine rings is 1. The van der Waals surface area contributed by atoms with Crippen molar-refractivity contribution in [3.8, 4) is 11.8 Å². The van der Waals surface area contributed by atoms with Crippen LogP contribution in [-0.4, -0.2) is 40.7 Å². The standard InChI is InChI=1S/C24H29N3O2/c1-24(2,3)29-23(28)26-22-12-15-27(16-13-22)18-21-10-7-19(8-11-21)6-9-20-5-4-14-25-17-20/h4-5,7-8,10-11,14,17,22H,12-13,15-16,18H2,1-3H3,(H,26,28). The highest BCUT2D eigenvalue weighted by Crippen LogP contribution is 2.15. The first-order valence-corrected chi connectivity index (χ1v) is 10.1. The van der Waals surface area contributed by atoms with Gasteiger partial charge >= 0.3 is 6.09 Å². The van der Waals surface area contributed by atoms with Gasteiger partial charge in [-0.15, -0.1) is 0 Å². The summed E-state index contributed by atoms with van der Waals surface area (Å²) in [6, 6.07) is 12.4. The van der Waals surface area contributed by atoms with Gasteiger partial charge in [0.15, 0.2) is 0 Å². The molecular weight excluding hydrogens is 362 g/mol. The van der Waals surface area contributed by atoms with Gasteiger partial charge in [-0.25, -0.2) is 4.79 Å². The van der Waals surface area contributed by atoms with E-state index in [1.54, 1.807) is 12.4 Å². The monoisotopic (exact) mass is 391 g/mol. The number of likely N-dealkylation sites (tertiary alicyclic amines) is 1. The highest BCUT2D eigenvalue weighted by molar-refractivity contribution is 5.68. The molecule has 0 spiro atoms. The Morgan fingerprint density at radius 3 is 2.45 bits per heavy atom. The third-order valence-electron chi connectivity index (χ3n) is 4.68. The Labute approximate surface area is 173 Å². The molecule has 0 saturated carbocycles. The van der Waals surface area contributed by atoms with E-state index in [1.807, 2.05) is 32.9 Å². The second-order valence-electron chi connectivity index (χ2n) is 8.39. The van der Waals surface area contributed by atoms with Crippen LogP contribution in [0.4, 0.5) is 4.79 Å².